The topological polar surface area (TPSA) is 133 Å². The molecule has 37 heavy (non-hydrogen) atoms. The molecule has 1 saturated heterocycles. The Balaban J connectivity index is 0.000000405. The van der Waals surface area contributed by atoms with E-state index in [9.17, 15) is 32.3 Å². The predicted octanol–water partition coefficient (Wildman–Crippen LogP) is 3.81. The number of nitrogens with zero attached hydrogens (tertiary/aromatic N) is 1. The maximum atomic E-state index is 12.8. The molecule has 1 fully saturated rings. The smallest absolute Gasteiger partial charge is 0.475 e. The number of carbonyl (C=O) groups is 5. The van der Waals surface area contributed by atoms with E-state index in [4.69, 9.17) is 21.5 Å². The number of benzene rings is 2. The molecule has 3 aromatic rings. The van der Waals surface area contributed by atoms with Crippen molar-refractivity contribution < 1.29 is 42.3 Å². The normalized spacial score (nSPS) is 17.0. The van der Waals surface area contributed by atoms with Crippen molar-refractivity contribution in [1.82, 2.24) is 10.2 Å². The number of fused-ring (bicyclic) bond motifs is 2. The minimum atomic E-state index is -5.08. The van der Waals surface area contributed by atoms with Crippen molar-refractivity contribution in [3.8, 4) is 0 Å². The summed E-state index contributed by atoms with van der Waals surface area (Å²) in [5, 5.41) is 14.2. The van der Waals surface area contributed by atoms with E-state index < -0.39 is 41.8 Å². The van der Waals surface area contributed by atoms with Crippen molar-refractivity contribution in [1.29, 1.82) is 0 Å². The third-order valence-electron chi connectivity index (χ3n) is 5.47. The fourth-order valence-electron chi connectivity index (χ4n) is 3.76. The maximum Gasteiger partial charge on any atom is 0.490 e. The first-order valence-corrected chi connectivity index (χ1v) is 11.6. The molecule has 0 bridgehead atoms. The quantitative estimate of drug-likeness (QED) is 0.418. The molecule has 14 heteroatoms. The summed E-state index contributed by atoms with van der Waals surface area (Å²) >= 11 is 8.06. The highest BCUT2D eigenvalue weighted by atomic mass is 35.5. The third-order valence-corrected chi connectivity index (χ3v) is 7.19. The number of carbonyl (C=O) groups excluding carboxylic acids is 4. The van der Waals surface area contributed by atoms with Crippen LogP contribution in [0.2, 0.25) is 5.02 Å². The average Bonchev–Trinajstić information content (AvgIpc) is 3.43. The number of carboxylic acids is 1. The average molecular weight is 554 g/mol. The Morgan fingerprint density at radius 3 is 2.35 bits per heavy atom. The zero-order valence-corrected chi connectivity index (χ0v) is 20.0. The number of anilines is 1. The largest absolute Gasteiger partial charge is 0.490 e. The molecule has 3 N–H and O–H groups in total. The van der Waals surface area contributed by atoms with Gasteiger partial charge in [0.15, 0.2) is 0 Å². The van der Waals surface area contributed by atoms with Gasteiger partial charge in [-0.1, -0.05) is 29.8 Å². The lowest BCUT2D eigenvalue weighted by molar-refractivity contribution is -0.192. The summed E-state index contributed by atoms with van der Waals surface area (Å²) < 4.78 is 32.8. The first kappa shape index (κ1) is 26.1. The van der Waals surface area contributed by atoms with Crippen molar-refractivity contribution >= 4 is 68.3 Å². The SMILES string of the molecule is O=C(O)C(F)(F)F.O=C1CC(N2C(=O)c3ccc(NCc4sc5ccccc5c4Cl)cc3C2=O)C(=O)N1. The Morgan fingerprint density at radius 1 is 1.11 bits per heavy atom. The van der Waals surface area contributed by atoms with E-state index in [1.165, 1.54) is 0 Å². The van der Waals surface area contributed by atoms with Gasteiger partial charge >= 0.3 is 12.1 Å². The molecule has 192 valence electrons. The molecule has 0 spiro atoms. The molecule has 9 nitrogen and oxygen atoms in total. The zero-order valence-electron chi connectivity index (χ0n) is 18.4. The van der Waals surface area contributed by atoms with E-state index in [0.29, 0.717) is 17.3 Å². The molecule has 1 unspecified atom stereocenters. The van der Waals surface area contributed by atoms with Crippen molar-refractivity contribution in [2.75, 3.05) is 5.32 Å². The van der Waals surface area contributed by atoms with Gasteiger partial charge in [-0.25, -0.2) is 4.79 Å². The van der Waals surface area contributed by atoms with Crippen LogP contribution in [0.4, 0.5) is 18.9 Å². The molecule has 5 rings (SSSR count). The first-order chi connectivity index (χ1) is 17.4. The number of nitrogens with one attached hydrogen (secondary N) is 2. The van der Waals surface area contributed by atoms with E-state index in [1.54, 1.807) is 29.5 Å². The molecule has 4 amide bonds. The van der Waals surface area contributed by atoms with Crippen LogP contribution < -0.4 is 10.6 Å². The standard InChI is InChI=1S/C21H14ClN3O4S.C2HF3O2/c22-18-12-3-1-2-4-15(12)30-16(18)9-23-10-5-6-11-13(7-10)21(29)25(20(11)28)14-8-17(26)24-19(14)27;3-2(4,5)1(6)7/h1-7,14,23H,8-9H2,(H,24,26,27);(H,6,7). The van der Waals surface area contributed by atoms with Crippen LogP contribution in [0.1, 0.15) is 32.0 Å². The number of hydrogen-bond acceptors (Lipinski definition) is 7. The fourth-order valence-corrected chi connectivity index (χ4v) is 5.20. The van der Waals surface area contributed by atoms with Crippen molar-refractivity contribution in [3.63, 3.8) is 0 Å². The van der Waals surface area contributed by atoms with Crippen LogP contribution in [-0.4, -0.2) is 51.8 Å². The Kier molecular flexibility index (Phi) is 6.93. The molecule has 2 aliphatic rings. The summed E-state index contributed by atoms with van der Waals surface area (Å²) in [6.07, 6.45) is -5.29. The van der Waals surface area contributed by atoms with Crippen LogP contribution in [0.3, 0.4) is 0 Å². The molecule has 3 heterocycles. The van der Waals surface area contributed by atoms with Crippen LogP contribution >= 0.6 is 22.9 Å². The molecule has 2 aliphatic heterocycles. The summed E-state index contributed by atoms with van der Waals surface area (Å²) in [6, 6.07) is 11.6. The molecule has 2 aromatic carbocycles. The van der Waals surface area contributed by atoms with Crippen LogP contribution in [0.15, 0.2) is 42.5 Å². The Labute approximate surface area is 214 Å². The lowest BCUT2D eigenvalue weighted by Gasteiger charge is -2.18. The van der Waals surface area contributed by atoms with E-state index in [1.807, 2.05) is 24.3 Å². The van der Waals surface area contributed by atoms with Crippen LogP contribution in [0, 0.1) is 0 Å². The number of imide groups is 2. The summed E-state index contributed by atoms with van der Waals surface area (Å²) in [5.74, 6) is -5.03. The van der Waals surface area contributed by atoms with E-state index >= 15 is 0 Å². The van der Waals surface area contributed by atoms with Crippen molar-refractivity contribution in [3.05, 3.63) is 63.5 Å². The minimum absolute atomic E-state index is 0.208. The number of hydrogen-bond donors (Lipinski definition) is 3. The zero-order chi connectivity index (χ0) is 27.1. The fraction of sp³-hybridized carbons (Fsp3) is 0.174. The summed E-state index contributed by atoms with van der Waals surface area (Å²) in [7, 11) is 0. The molecule has 0 radical (unpaired) electrons. The van der Waals surface area contributed by atoms with Gasteiger partial charge in [0.1, 0.15) is 6.04 Å². The highest BCUT2D eigenvalue weighted by molar-refractivity contribution is 7.19. The minimum Gasteiger partial charge on any atom is -0.475 e. The monoisotopic (exact) mass is 553 g/mol. The summed E-state index contributed by atoms with van der Waals surface area (Å²) in [4.78, 5) is 59.6. The molecule has 0 saturated carbocycles. The number of halogens is 4. The van der Waals surface area contributed by atoms with Crippen LogP contribution in [0.25, 0.3) is 10.1 Å². The summed E-state index contributed by atoms with van der Waals surface area (Å²) in [6.45, 7) is 0.461. The van der Waals surface area contributed by atoms with Gasteiger partial charge < -0.3 is 10.4 Å². The Hall–Kier alpha value is -3.97. The van der Waals surface area contributed by atoms with Gasteiger partial charge in [0, 0.05) is 20.7 Å². The van der Waals surface area contributed by atoms with Gasteiger partial charge in [0.05, 0.1) is 29.1 Å². The number of rotatable bonds is 4. The van der Waals surface area contributed by atoms with Crippen LogP contribution in [0.5, 0.6) is 0 Å². The Bertz CT molecular complexity index is 1470. The summed E-state index contributed by atoms with van der Waals surface area (Å²) in [5.41, 5.74) is 1.08. The van der Waals surface area contributed by atoms with E-state index in [-0.39, 0.29) is 17.5 Å². The number of amides is 4. The molecule has 0 aliphatic carbocycles. The number of thiophene rings is 1. The number of carboxylic acid groups (broad SMARTS) is 1. The molecule has 1 aromatic heterocycles. The highest BCUT2D eigenvalue weighted by Gasteiger charge is 2.46. The maximum absolute atomic E-state index is 12.8. The Morgan fingerprint density at radius 2 is 1.76 bits per heavy atom. The van der Waals surface area contributed by atoms with E-state index in [2.05, 4.69) is 10.6 Å². The number of aliphatic carboxylic acids is 1. The first-order valence-electron chi connectivity index (χ1n) is 10.4. The second-order valence-corrected chi connectivity index (χ2v) is 9.38. The van der Waals surface area contributed by atoms with Gasteiger partial charge in [0.2, 0.25) is 11.8 Å². The van der Waals surface area contributed by atoms with Gasteiger partial charge in [-0.2, -0.15) is 13.2 Å². The van der Waals surface area contributed by atoms with Crippen molar-refractivity contribution in [2.24, 2.45) is 0 Å². The van der Waals surface area contributed by atoms with Gasteiger partial charge in [-0.05, 0) is 24.3 Å². The van der Waals surface area contributed by atoms with Gasteiger partial charge in [-0.15, -0.1) is 11.3 Å². The third kappa shape index (κ3) is 5.13. The van der Waals surface area contributed by atoms with Gasteiger partial charge in [-0.3, -0.25) is 29.4 Å². The predicted molar refractivity (Wildman–Crippen MR) is 126 cm³/mol. The van der Waals surface area contributed by atoms with E-state index in [0.717, 1.165) is 19.9 Å². The van der Waals surface area contributed by atoms with Crippen molar-refractivity contribution in [2.45, 2.75) is 25.2 Å². The number of alkyl halides is 3. The van der Waals surface area contributed by atoms with Crippen LogP contribution in [-0.2, 0) is 20.9 Å². The molecule has 1 atom stereocenters. The molecular weight excluding hydrogens is 539 g/mol. The second kappa shape index (κ2) is 9.82. The lowest BCUT2D eigenvalue weighted by Crippen LogP contribution is -2.44. The molecular formula is C23H15ClF3N3O6S. The highest BCUT2D eigenvalue weighted by Crippen LogP contribution is 2.36. The second-order valence-electron chi connectivity index (χ2n) is 7.86. The van der Waals surface area contributed by atoms with Gasteiger partial charge in [0.25, 0.3) is 11.8 Å². The lowest BCUT2D eigenvalue weighted by atomic mass is 10.1.